The van der Waals surface area contributed by atoms with Crippen molar-refractivity contribution in [2.75, 3.05) is 6.61 Å². The zero-order valence-electron chi connectivity index (χ0n) is 12.5. The van der Waals surface area contributed by atoms with Crippen LogP contribution >= 0.6 is 11.6 Å². The number of rotatable bonds is 6. The van der Waals surface area contributed by atoms with E-state index in [4.69, 9.17) is 11.6 Å². The van der Waals surface area contributed by atoms with Crippen LogP contribution in [0.3, 0.4) is 0 Å². The first kappa shape index (κ1) is 17.7. The second-order valence-corrected chi connectivity index (χ2v) is 7.40. The van der Waals surface area contributed by atoms with Crippen LogP contribution in [0.4, 0.5) is 0 Å². The van der Waals surface area contributed by atoms with Crippen molar-refractivity contribution in [1.82, 2.24) is 4.72 Å². The molecule has 7 heteroatoms. The van der Waals surface area contributed by atoms with Gasteiger partial charge in [0.1, 0.15) is 5.75 Å². The van der Waals surface area contributed by atoms with Crippen LogP contribution in [-0.2, 0) is 16.4 Å². The number of phenols is 1. The molecule has 0 spiro atoms. The fourth-order valence-corrected chi connectivity index (χ4v) is 3.59. The van der Waals surface area contributed by atoms with Gasteiger partial charge in [-0.15, -0.1) is 0 Å². The van der Waals surface area contributed by atoms with Gasteiger partial charge in [0.05, 0.1) is 11.5 Å². The van der Waals surface area contributed by atoms with E-state index >= 15 is 0 Å². The second kappa shape index (κ2) is 7.31. The summed E-state index contributed by atoms with van der Waals surface area (Å²) in [5, 5.41) is 19.1. The molecule has 0 aliphatic rings. The smallest absolute Gasteiger partial charge is 0.240 e. The van der Waals surface area contributed by atoms with Gasteiger partial charge in [0.25, 0.3) is 0 Å². The molecular formula is C16H18ClNO4S. The minimum absolute atomic E-state index is 0.0530. The number of halogens is 1. The maximum atomic E-state index is 12.4. The van der Waals surface area contributed by atoms with Gasteiger partial charge in [-0.1, -0.05) is 29.8 Å². The lowest BCUT2D eigenvalue weighted by Crippen LogP contribution is -2.39. The molecule has 1 atom stereocenters. The van der Waals surface area contributed by atoms with E-state index in [1.807, 2.05) is 0 Å². The number of nitrogens with one attached hydrogen (secondary N) is 1. The van der Waals surface area contributed by atoms with E-state index in [1.165, 1.54) is 24.3 Å². The highest BCUT2D eigenvalue weighted by Crippen LogP contribution is 2.20. The normalized spacial score (nSPS) is 13.0. The molecule has 2 rings (SSSR count). The molecule has 0 amide bonds. The summed E-state index contributed by atoms with van der Waals surface area (Å²) in [6, 6.07) is 10.2. The molecule has 3 N–H and O–H groups in total. The van der Waals surface area contributed by atoms with Crippen molar-refractivity contribution in [3.8, 4) is 5.75 Å². The van der Waals surface area contributed by atoms with Crippen LogP contribution in [0.25, 0.3) is 0 Å². The van der Waals surface area contributed by atoms with Crippen LogP contribution in [0.15, 0.2) is 47.4 Å². The van der Waals surface area contributed by atoms with Crippen molar-refractivity contribution < 1.29 is 18.6 Å². The summed E-state index contributed by atoms with van der Waals surface area (Å²) in [5.74, 6) is 0.129. The highest BCUT2D eigenvalue weighted by Gasteiger charge is 2.20. The van der Waals surface area contributed by atoms with E-state index in [1.54, 1.807) is 25.1 Å². The predicted molar refractivity (Wildman–Crippen MR) is 89.2 cm³/mol. The second-order valence-electron chi connectivity index (χ2n) is 5.28. The van der Waals surface area contributed by atoms with Crippen LogP contribution in [0.2, 0.25) is 5.02 Å². The van der Waals surface area contributed by atoms with Gasteiger partial charge in [0.15, 0.2) is 0 Å². The first-order chi connectivity index (χ1) is 10.8. The van der Waals surface area contributed by atoms with E-state index in [-0.39, 0.29) is 17.3 Å². The Bertz CT molecular complexity index is 775. The molecule has 0 saturated carbocycles. The van der Waals surface area contributed by atoms with Crippen molar-refractivity contribution in [3.05, 3.63) is 58.6 Å². The third-order valence-electron chi connectivity index (χ3n) is 3.41. The van der Waals surface area contributed by atoms with Gasteiger partial charge in [-0.3, -0.25) is 0 Å². The van der Waals surface area contributed by atoms with Crippen molar-refractivity contribution in [2.45, 2.75) is 24.3 Å². The molecule has 124 valence electrons. The third kappa shape index (κ3) is 4.68. The molecule has 2 aromatic carbocycles. The molecule has 1 unspecified atom stereocenters. The number of phenolic OH excluding ortho intramolecular Hbond substituents is 1. The summed E-state index contributed by atoms with van der Waals surface area (Å²) in [6.07, 6.45) is 0.301. The molecule has 0 aromatic heterocycles. The van der Waals surface area contributed by atoms with E-state index in [0.717, 1.165) is 11.1 Å². The van der Waals surface area contributed by atoms with Crippen LogP contribution in [0, 0.1) is 6.92 Å². The highest BCUT2D eigenvalue weighted by atomic mass is 35.5. The van der Waals surface area contributed by atoms with Crippen LogP contribution < -0.4 is 4.72 Å². The fraction of sp³-hybridized carbons (Fsp3) is 0.250. The van der Waals surface area contributed by atoms with Gasteiger partial charge in [0.2, 0.25) is 10.0 Å². The molecule has 2 aromatic rings. The Morgan fingerprint density at radius 1 is 1.17 bits per heavy atom. The SMILES string of the molecule is Cc1ccc(S(=O)(=O)NC(CO)Cc2ccc(O)cc2)cc1Cl. The number of aliphatic hydroxyl groups excluding tert-OH is 1. The van der Waals surface area contributed by atoms with Gasteiger partial charge in [-0.2, -0.15) is 0 Å². The van der Waals surface area contributed by atoms with Crippen molar-refractivity contribution >= 4 is 21.6 Å². The predicted octanol–water partition coefficient (Wildman–Crippen LogP) is 2.24. The molecule has 0 heterocycles. The number of sulfonamides is 1. The third-order valence-corrected chi connectivity index (χ3v) is 5.34. The quantitative estimate of drug-likeness (QED) is 0.741. The standard InChI is InChI=1S/C16H18ClNO4S/c1-11-2-7-15(9-16(11)17)23(21,22)18-13(10-19)8-12-3-5-14(20)6-4-12/h2-7,9,13,18-20H,8,10H2,1H3. The maximum Gasteiger partial charge on any atom is 0.240 e. The lowest BCUT2D eigenvalue weighted by molar-refractivity contribution is 0.256. The van der Waals surface area contributed by atoms with Gasteiger partial charge in [-0.05, 0) is 48.7 Å². The van der Waals surface area contributed by atoms with Crippen LogP contribution in [0.5, 0.6) is 5.75 Å². The highest BCUT2D eigenvalue weighted by molar-refractivity contribution is 7.89. The summed E-state index contributed by atoms with van der Waals surface area (Å²) in [4.78, 5) is 0.0530. The van der Waals surface area contributed by atoms with Crippen LogP contribution in [-0.4, -0.2) is 31.3 Å². The molecule has 23 heavy (non-hydrogen) atoms. The average Bonchev–Trinajstić information content (AvgIpc) is 2.51. The number of benzene rings is 2. The minimum atomic E-state index is -3.78. The largest absolute Gasteiger partial charge is 0.508 e. The molecule has 0 bridgehead atoms. The number of hydrogen-bond donors (Lipinski definition) is 3. The summed E-state index contributed by atoms with van der Waals surface area (Å²) < 4.78 is 27.2. The van der Waals surface area contributed by atoms with Gasteiger partial charge in [0, 0.05) is 11.1 Å². The minimum Gasteiger partial charge on any atom is -0.508 e. The van der Waals surface area contributed by atoms with E-state index < -0.39 is 16.1 Å². The monoisotopic (exact) mass is 355 g/mol. The zero-order valence-corrected chi connectivity index (χ0v) is 14.1. The Labute approximate surface area is 140 Å². The molecule has 0 saturated heterocycles. The maximum absolute atomic E-state index is 12.4. The number of aliphatic hydroxyl groups is 1. The number of hydrogen-bond acceptors (Lipinski definition) is 4. The van der Waals surface area contributed by atoms with Crippen molar-refractivity contribution in [2.24, 2.45) is 0 Å². The molecule has 0 radical (unpaired) electrons. The zero-order chi connectivity index (χ0) is 17.0. The lowest BCUT2D eigenvalue weighted by atomic mass is 10.1. The molecular weight excluding hydrogens is 338 g/mol. The summed E-state index contributed by atoms with van der Waals surface area (Å²) in [5.41, 5.74) is 1.58. The fourth-order valence-electron chi connectivity index (χ4n) is 2.09. The Kier molecular flexibility index (Phi) is 5.64. The van der Waals surface area contributed by atoms with Gasteiger partial charge in [-0.25, -0.2) is 13.1 Å². The summed E-state index contributed by atoms with van der Waals surface area (Å²) in [7, 11) is -3.78. The Balaban J connectivity index is 2.16. The van der Waals surface area contributed by atoms with Gasteiger partial charge >= 0.3 is 0 Å². The van der Waals surface area contributed by atoms with E-state index in [0.29, 0.717) is 11.4 Å². The van der Waals surface area contributed by atoms with Crippen molar-refractivity contribution in [1.29, 1.82) is 0 Å². The van der Waals surface area contributed by atoms with E-state index in [2.05, 4.69) is 4.72 Å². The van der Waals surface area contributed by atoms with Crippen LogP contribution in [0.1, 0.15) is 11.1 Å². The van der Waals surface area contributed by atoms with Crippen molar-refractivity contribution in [3.63, 3.8) is 0 Å². The summed E-state index contributed by atoms with van der Waals surface area (Å²) >= 11 is 5.97. The Morgan fingerprint density at radius 2 is 1.83 bits per heavy atom. The Morgan fingerprint density at radius 3 is 2.39 bits per heavy atom. The lowest BCUT2D eigenvalue weighted by Gasteiger charge is -2.17. The number of aromatic hydroxyl groups is 1. The molecule has 0 aliphatic heterocycles. The van der Waals surface area contributed by atoms with Gasteiger partial charge < -0.3 is 10.2 Å². The van der Waals surface area contributed by atoms with E-state index in [9.17, 15) is 18.6 Å². The Hall–Kier alpha value is -1.60. The average molecular weight is 356 g/mol. The summed E-state index contributed by atoms with van der Waals surface area (Å²) in [6.45, 7) is 1.44. The molecule has 5 nitrogen and oxygen atoms in total. The topological polar surface area (TPSA) is 86.6 Å². The first-order valence-electron chi connectivity index (χ1n) is 6.99. The number of aryl methyl sites for hydroxylation is 1. The first-order valence-corrected chi connectivity index (χ1v) is 8.85. The molecule has 0 fully saturated rings. The molecule has 0 aliphatic carbocycles.